The second-order valence-electron chi connectivity index (χ2n) is 6.78. The topological polar surface area (TPSA) is 90.5 Å². The van der Waals surface area contributed by atoms with Crippen LogP contribution >= 0.6 is 0 Å². The zero-order valence-corrected chi connectivity index (χ0v) is 17.5. The lowest BCUT2D eigenvalue weighted by Gasteiger charge is -2.17. The number of para-hydroxylation sites is 1. The van der Waals surface area contributed by atoms with E-state index >= 15 is 0 Å². The minimum Gasteiger partial charge on any atom is -0.377 e. The van der Waals surface area contributed by atoms with Crippen LogP contribution in [0.3, 0.4) is 0 Å². The molecule has 9 heteroatoms. The summed E-state index contributed by atoms with van der Waals surface area (Å²) in [5.74, 6) is -0.554. The summed E-state index contributed by atoms with van der Waals surface area (Å²) >= 11 is 0. The van der Waals surface area contributed by atoms with Gasteiger partial charge in [-0.15, -0.1) is 0 Å². The summed E-state index contributed by atoms with van der Waals surface area (Å²) in [5.41, 5.74) is 0.957. The van der Waals surface area contributed by atoms with E-state index in [2.05, 4.69) is 15.4 Å². The van der Waals surface area contributed by atoms with Crippen molar-refractivity contribution >= 4 is 38.2 Å². The predicted molar refractivity (Wildman–Crippen MR) is 117 cm³/mol. The number of sulfonamides is 1. The van der Waals surface area contributed by atoms with Crippen LogP contribution in [0.4, 0.5) is 20.6 Å². The van der Waals surface area contributed by atoms with Crippen LogP contribution in [0.5, 0.6) is 0 Å². The molecule has 0 saturated carbocycles. The molecule has 0 saturated heterocycles. The summed E-state index contributed by atoms with van der Waals surface area (Å²) in [6.07, 6.45) is 0. The quantitative estimate of drug-likeness (QED) is 0.502. The predicted octanol–water partition coefficient (Wildman–Crippen LogP) is 3.14. The highest BCUT2D eigenvalue weighted by Gasteiger charge is 2.18. The molecule has 2 amide bonds. The van der Waals surface area contributed by atoms with Gasteiger partial charge in [0.25, 0.3) is 0 Å². The third-order valence-electron chi connectivity index (χ3n) is 4.46. The van der Waals surface area contributed by atoms with Crippen molar-refractivity contribution in [2.75, 3.05) is 37.4 Å². The Kier molecular flexibility index (Phi) is 6.53. The fraction of sp³-hybridized carbons (Fsp3) is 0.190. The molecule has 0 heterocycles. The Morgan fingerprint density at radius 3 is 2.37 bits per heavy atom. The molecule has 0 atom stereocenters. The minimum atomic E-state index is -3.79. The Morgan fingerprint density at radius 2 is 1.63 bits per heavy atom. The fourth-order valence-electron chi connectivity index (χ4n) is 3.06. The van der Waals surface area contributed by atoms with Crippen molar-refractivity contribution in [1.29, 1.82) is 0 Å². The largest absolute Gasteiger partial charge is 0.377 e. The van der Waals surface area contributed by atoms with Gasteiger partial charge in [-0.2, -0.15) is 0 Å². The van der Waals surface area contributed by atoms with Gasteiger partial charge in [-0.05, 0) is 24.3 Å². The number of anilines is 2. The van der Waals surface area contributed by atoms with E-state index in [4.69, 9.17) is 0 Å². The van der Waals surface area contributed by atoms with Crippen LogP contribution in [-0.4, -0.2) is 41.6 Å². The van der Waals surface area contributed by atoms with E-state index in [-0.39, 0.29) is 23.7 Å². The molecule has 0 spiro atoms. The first kappa shape index (κ1) is 21.5. The number of urea groups is 1. The van der Waals surface area contributed by atoms with Gasteiger partial charge in [0.05, 0.1) is 10.6 Å². The fourth-order valence-corrected chi connectivity index (χ4v) is 4.31. The Labute approximate surface area is 174 Å². The van der Waals surface area contributed by atoms with Crippen molar-refractivity contribution in [2.45, 2.75) is 4.90 Å². The third-order valence-corrected chi connectivity index (χ3v) is 5.97. The molecule has 0 radical (unpaired) electrons. The molecular formula is C21H23FN4O3S. The number of benzene rings is 3. The molecule has 30 heavy (non-hydrogen) atoms. The highest BCUT2D eigenvalue weighted by atomic mass is 32.2. The number of nitrogens with zero attached hydrogens (tertiary/aromatic N) is 1. The SMILES string of the molecule is CN(C)c1cccc2c(S(=O)(=O)NCCNC(=O)Nc3ccccc3F)cccc12. The highest BCUT2D eigenvalue weighted by molar-refractivity contribution is 7.89. The number of hydrogen-bond donors (Lipinski definition) is 3. The van der Waals surface area contributed by atoms with Crippen molar-refractivity contribution in [1.82, 2.24) is 10.0 Å². The molecule has 0 fully saturated rings. The average Bonchev–Trinajstić information content (AvgIpc) is 2.72. The van der Waals surface area contributed by atoms with Crippen LogP contribution in [0.15, 0.2) is 65.6 Å². The maximum Gasteiger partial charge on any atom is 0.319 e. The van der Waals surface area contributed by atoms with Crippen LogP contribution in [0, 0.1) is 5.82 Å². The van der Waals surface area contributed by atoms with Crippen LogP contribution < -0.4 is 20.3 Å². The minimum absolute atomic E-state index is 0.0171. The number of nitrogens with one attached hydrogen (secondary N) is 3. The van der Waals surface area contributed by atoms with E-state index < -0.39 is 21.9 Å². The number of amides is 2. The van der Waals surface area contributed by atoms with E-state index in [1.54, 1.807) is 24.3 Å². The molecule has 3 rings (SSSR count). The van der Waals surface area contributed by atoms with Crippen molar-refractivity contribution in [3.05, 3.63) is 66.5 Å². The van der Waals surface area contributed by atoms with Gasteiger partial charge in [0.1, 0.15) is 5.82 Å². The first-order valence-electron chi connectivity index (χ1n) is 9.28. The molecule has 3 N–H and O–H groups in total. The molecule has 0 aliphatic carbocycles. The van der Waals surface area contributed by atoms with Gasteiger partial charge < -0.3 is 15.5 Å². The first-order chi connectivity index (χ1) is 14.3. The summed E-state index contributed by atoms with van der Waals surface area (Å²) in [6.45, 7) is 0.0179. The van der Waals surface area contributed by atoms with Crippen molar-refractivity contribution in [2.24, 2.45) is 0 Å². The molecule has 7 nitrogen and oxygen atoms in total. The van der Waals surface area contributed by atoms with E-state index in [1.807, 2.05) is 37.2 Å². The Hall–Kier alpha value is -3.17. The molecule has 158 valence electrons. The smallest absolute Gasteiger partial charge is 0.319 e. The van der Waals surface area contributed by atoms with Crippen LogP contribution in [0.2, 0.25) is 0 Å². The van der Waals surface area contributed by atoms with Crippen molar-refractivity contribution < 1.29 is 17.6 Å². The second-order valence-corrected chi connectivity index (χ2v) is 8.52. The van der Waals surface area contributed by atoms with E-state index in [1.165, 1.54) is 18.2 Å². The molecule has 0 aliphatic rings. The van der Waals surface area contributed by atoms with Gasteiger partial charge in [0, 0.05) is 43.6 Å². The molecule has 3 aromatic carbocycles. The van der Waals surface area contributed by atoms with E-state index in [0.29, 0.717) is 5.39 Å². The summed E-state index contributed by atoms with van der Waals surface area (Å²) < 4.78 is 41.6. The summed E-state index contributed by atoms with van der Waals surface area (Å²) in [6, 6.07) is 15.8. The number of rotatable bonds is 7. The highest BCUT2D eigenvalue weighted by Crippen LogP contribution is 2.29. The monoisotopic (exact) mass is 430 g/mol. The lowest BCUT2D eigenvalue weighted by Crippen LogP contribution is -2.37. The average molecular weight is 431 g/mol. The zero-order valence-electron chi connectivity index (χ0n) is 16.6. The second kappa shape index (κ2) is 9.10. The van der Waals surface area contributed by atoms with Gasteiger partial charge >= 0.3 is 6.03 Å². The maximum atomic E-state index is 13.6. The molecule has 0 bridgehead atoms. The zero-order chi connectivity index (χ0) is 21.7. The van der Waals surface area contributed by atoms with Gasteiger partial charge in [0.15, 0.2) is 0 Å². The van der Waals surface area contributed by atoms with Gasteiger partial charge in [0.2, 0.25) is 10.0 Å². The van der Waals surface area contributed by atoms with Crippen LogP contribution in [0.25, 0.3) is 10.8 Å². The summed E-state index contributed by atoms with van der Waals surface area (Å²) in [5, 5.41) is 6.31. The van der Waals surface area contributed by atoms with E-state index in [0.717, 1.165) is 11.1 Å². The van der Waals surface area contributed by atoms with Gasteiger partial charge in [-0.25, -0.2) is 22.3 Å². The Balaban J connectivity index is 1.64. The molecule has 3 aromatic rings. The lowest BCUT2D eigenvalue weighted by molar-refractivity contribution is 0.252. The lowest BCUT2D eigenvalue weighted by atomic mass is 10.1. The number of hydrogen-bond acceptors (Lipinski definition) is 4. The number of carbonyl (C=O) groups is 1. The standard InChI is InChI=1S/C21H23FN4O3S/c1-26(2)19-11-5-8-16-15(19)7-6-12-20(16)30(28,29)24-14-13-23-21(27)25-18-10-4-3-9-17(18)22/h3-12,24H,13-14H2,1-2H3,(H2,23,25,27). The molecule has 0 aromatic heterocycles. The van der Waals surface area contributed by atoms with E-state index in [9.17, 15) is 17.6 Å². The first-order valence-corrected chi connectivity index (χ1v) is 10.8. The third kappa shape index (κ3) is 4.87. The van der Waals surface area contributed by atoms with Crippen LogP contribution in [-0.2, 0) is 10.0 Å². The number of carbonyl (C=O) groups excluding carboxylic acids is 1. The summed E-state index contributed by atoms with van der Waals surface area (Å²) in [4.78, 5) is 14.0. The normalized spacial score (nSPS) is 11.3. The summed E-state index contributed by atoms with van der Waals surface area (Å²) in [7, 11) is -0.00298. The number of fused-ring (bicyclic) bond motifs is 1. The van der Waals surface area contributed by atoms with Gasteiger partial charge in [-0.3, -0.25) is 0 Å². The van der Waals surface area contributed by atoms with Gasteiger partial charge in [-0.1, -0.05) is 36.4 Å². The molecule has 0 aliphatic heterocycles. The Bertz CT molecular complexity index is 1170. The van der Waals surface area contributed by atoms with Crippen molar-refractivity contribution in [3.63, 3.8) is 0 Å². The number of halogens is 1. The van der Waals surface area contributed by atoms with Crippen LogP contribution in [0.1, 0.15) is 0 Å². The molecule has 0 unspecified atom stereocenters. The molecular weight excluding hydrogens is 407 g/mol. The Morgan fingerprint density at radius 1 is 0.933 bits per heavy atom. The maximum absolute atomic E-state index is 13.6. The van der Waals surface area contributed by atoms with Crippen molar-refractivity contribution in [3.8, 4) is 0 Å².